The van der Waals surface area contributed by atoms with Crippen molar-refractivity contribution in [2.24, 2.45) is 0 Å². The van der Waals surface area contributed by atoms with Crippen LogP contribution in [0, 0.1) is 0 Å². The minimum Gasteiger partial charge on any atom is -0.396 e. The molecule has 0 atom stereocenters. The van der Waals surface area contributed by atoms with Gasteiger partial charge in [0.2, 0.25) is 0 Å². The van der Waals surface area contributed by atoms with Gasteiger partial charge in [-0.05, 0) is 11.4 Å². The summed E-state index contributed by atoms with van der Waals surface area (Å²) in [6.07, 6.45) is 0.875. The third-order valence-corrected chi connectivity index (χ3v) is 0.224. The minimum atomic E-state index is 0.319. The second-order valence-electron chi connectivity index (χ2n) is 0.724. The maximum Gasteiger partial charge on any atom is 0.0428 e. The third kappa shape index (κ3) is 22.4. The van der Waals surface area contributed by atoms with Crippen molar-refractivity contribution in [3.05, 3.63) is 0 Å². The second kappa shape index (κ2) is 17.3. The second-order valence-corrected chi connectivity index (χ2v) is 0.724. The molecule has 0 aromatic rings. The van der Waals surface area contributed by atoms with E-state index in [0.717, 1.165) is 6.42 Å². The Morgan fingerprint density at radius 1 is 1.50 bits per heavy atom. The van der Waals surface area contributed by atoms with E-state index >= 15 is 0 Å². The van der Waals surface area contributed by atoms with Gasteiger partial charge in [-0.1, -0.05) is 29.5 Å². The number of halogens is 1. The summed E-state index contributed by atoms with van der Waals surface area (Å²) in [5, 5.41) is 7.88. The molecule has 0 aliphatic heterocycles. The zero-order valence-corrected chi connectivity index (χ0v) is 6.40. The standard InChI is InChI=1S/C3H8O.CH3I/c1-2-3-4;1-2/h4H,2-3H2,1H3;1H3. The predicted octanol–water partition coefficient (Wildman–Crippen LogP) is 1.44. The average molecular weight is 202 g/mol. The van der Waals surface area contributed by atoms with E-state index in [4.69, 9.17) is 5.11 Å². The number of aliphatic hydroxyl groups excluding tert-OH is 1. The zero-order valence-electron chi connectivity index (χ0n) is 4.24. The highest BCUT2D eigenvalue weighted by atomic mass is 127. The third-order valence-electron chi connectivity index (χ3n) is 0.224. The van der Waals surface area contributed by atoms with E-state index in [0.29, 0.717) is 6.61 Å². The molecule has 2 heteroatoms. The van der Waals surface area contributed by atoms with Crippen molar-refractivity contribution >= 4 is 22.6 Å². The summed E-state index contributed by atoms with van der Waals surface area (Å²) >= 11 is 2.15. The molecular formula is C4H11IO. The number of rotatable bonds is 1. The van der Waals surface area contributed by atoms with Gasteiger partial charge in [0.1, 0.15) is 0 Å². The monoisotopic (exact) mass is 202 g/mol. The van der Waals surface area contributed by atoms with Crippen molar-refractivity contribution in [3.63, 3.8) is 0 Å². The Balaban J connectivity index is 0. The molecule has 0 bridgehead atoms. The van der Waals surface area contributed by atoms with Crippen molar-refractivity contribution < 1.29 is 5.11 Å². The first-order chi connectivity index (χ1) is 2.91. The summed E-state index contributed by atoms with van der Waals surface area (Å²) in [4.78, 5) is 1.97. The minimum absolute atomic E-state index is 0.319. The topological polar surface area (TPSA) is 20.2 Å². The van der Waals surface area contributed by atoms with Gasteiger partial charge in [0.05, 0.1) is 0 Å². The van der Waals surface area contributed by atoms with Crippen LogP contribution in [0.3, 0.4) is 0 Å². The zero-order chi connectivity index (χ0) is 5.41. The van der Waals surface area contributed by atoms with Crippen LogP contribution in [0.5, 0.6) is 0 Å². The Morgan fingerprint density at radius 2 is 1.67 bits per heavy atom. The molecule has 0 aliphatic rings. The SMILES string of the molecule is CCCO.CI. The summed E-state index contributed by atoms with van der Waals surface area (Å²) in [7, 11) is 0. The fourth-order valence-corrected chi connectivity index (χ4v) is 0. The average Bonchev–Trinajstić information content (AvgIpc) is 1.72. The van der Waals surface area contributed by atoms with Gasteiger partial charge in [-0.15, -0.1) is 0 Å². The summed E-state index contributed by atoms with van der Waals surface area (Å²) in [5.74, 6) is 0. The van der Waals surface area contributed by atoms with Crippen LogP contribution in [0.1, 0.15) is 13.3 Å². The molecule has 0 heterocycles. The van der Waals surface area contributed by atoms with E-state index in [1.54, 1.807) is 0 Å². The summed E-state index contributed by atoms with van der Waals surface area (Å²) in [5.41, 5.74) is 0. The van der Waals surface area contributed by atoms with Crippen molar-refractivity contribution in [3.8, 4) is 0 Å². The van der Waals surface area contributed by atoms with Gasteiger partial charge in [0.25, 0.3) is 0 Å². The van der Waals surface area contributed by atoms with Gasteiger partial charge in [-0.3, -0.25) is 0 Å². The highest BCUT2D eigenvalue weighted by Gasteiger charge is 1.57. The van der Waals surface area contributed by atoms with Crippen LogP contribution in [0.2, 0.25) is 0 Å². The van der Waals surface area contributed by atoms with Gasteiger partial charge < -0.3 is 5.11 Å². The van der Waals surface area contributed by atoms with Crippen LogP contribution in [0.25, 0.3) is 0 Å². The quantitative estimate of drug-likeness (QED) is 0.503. The van der Waals surface area contributed by atoms with E-state index in [2.05, 4.69) is 22.6 Å². The molecule has 0 amide bonds. The highest BCUT2D eigenvalue weighted by Crippen LogP contribution is 1.61. The van der Waals surface area contributed by atoms with Crippen LogP contribution in [0.15, 0.2) is 0 Å². The van der Waals surface area contributed by atoms with E-state index in [1.807, 2.05) is 11.9 Å². The molecular weight excluding hydrogens is 191 g/mol. The molecule has 0 aliphatic carbocycles. The van der Waals surface area contributed by atoms with Gasteiger partial charge >= 0.3 is 0 Å². The van der Waals surface area contributed by atoms with E-state index < -0.39 is 0 Å². The molecule has 6 heavy (non-hydrogen) atoms. The Kier molecular flexibility index (Phi) is 28.4. The van der Waals surface area contributed by atoms with Crippen molar-refractivity contribution in [2.45, 2.75) is 13.3 Å². The molecule has 1 nitrogen and oxygen atoms in total. The number of alkyl halides is 1. The Morgan fingerprint density at radius 3 is 1.67 bits per heavy atom. The lowest BCUT2D eigenvalue weighted by molar-refractivity contribution is 0.295. The lowest BCUT2D eigenvalue weighted by atomic mass is 10.5. The van der Waals surface area contributed by atoms with Gasteiger partial charge in [0.15, 0.2) is 0 Å². The van der Waals surface area contributed by atoms with Crippen molar-refractivity contribution in [2.75, 3.05) is 11.5 Å². The molecule has 0 spiro atoms. The van der Waals surface area contributed by atoms with Gasteiger partial charge in [0, 0.05) is 6.61 Å². The van der Waals surface area contributed by atoms with E-state index in [-0.39, 0.29) is 0 Å². The first-order valence-corrected chi connectivity index (χ1v) is 4.06. The fraction of sp³-hybridized carbons (Fsp3) is 1.00. The molecule has 0 aromatic heterocycles. The highest BCUT2D eigenvalue weighted by molar-refractivity contribution is 14.1. The largest absolute Gasteiger partial charge is 0.396 e. The van der Waals surface area contributed by atoms with Crippen LogP contribution >= 0.6 is 22.6 Å². The Labute approximate surface area is 52.9 Å². The molecule has 0 aromatic carbocycles. The fourth-order valence-electron chi connectivity index (χ4n) is 0. The Hall–Kier alpha value is 0.690. The van der Waals surface area contributed by atoms with Gasteiger partial charge in [-0.2, -0.15) is 0 Å². The maximum atomic E-state index is 7.88. The molecule has 0 rings (SSSR count). The molecule has 40 valence electrons. The Bertz CT molecular complexity index is 9.51. The maximum absolute atomic E-state index is 7.88. The van der Waals surface area contributed by atoms with Crippen LogP contribution in [-0.2, 0) is 0 Å². The molecule has 0 radical (unpaired) electrons. The first kappa shape index (κ1) is 9.85. The van der Waals surface area contributed by atoms with Crippen LogP contribution < -0.4 is 0 Å². The normalized spacial score (nSPS) is 6.00. The summed E-state index contributed by atoms with van der Waals surface area (Å²) in [6, 6.07) is 0. The number of hydrogen-bond donors (Lipinski definition) is 1. The predicted molar refractivity (Wildman–Crippen MR) is 37.3 cm³/mol. The number of aliphatic hydroxyl groups is 1. The molecule has 0 saturated heterocycles. The molecule has 1 N–H and O–H groups in total. The molecule has 0 fully saturated rings. The molecule has 0 saturated carbocycles. The van der Waals surface area contributed by atoms with E-state index in [9.17, 15) is 0 Å². The lowest BCUT2D eigenvalue weighted by Crippen LogP contribution is -1.69. The molecule has 0 unspecified atom stereocenters. The van der Waals surface area contributed by atoms with E-state index in [1.165, 1.54) is 0 Å². The van der Waals surface area contributed by atoms with Crippen LogP contribution in [-0.4, -0.2) is 16.6 Å². The van der Waals surface area contributed by atoms with Crippen molar-refractivity contribution in [1.82, 2.24) is 0 Å². The summed E-state index contributed by atoms with van der Waals surface area (Å²) < 4.78 is 0. The lowest BCUT2D eigenvalue weighted by Gasteiger charge is -1.69. The van der Waals surface area contributed by atoms with Gasteiger partial charge in [-0.25, -0.2) is 0 Å². The van der Waals surface area contributed by atoms with Crippen LogP contribution in [0.4, 0.5) is 0 Å². The number of hydrogen-bond acceptors (Lipinski definition) is 1. The summed E-state index contributed by atoms with van der Waals surface area (Å²) in [6.45, 7) is 2.25. The smallest absolute Gasteiger partial charge is 0.0428 e. The first-order valence-electron chi connectivity index (χ1n) is 1.90. The van der Waals surface area contributed by atoms with Crippen molar-refractivity contribution in [1.29, 1.82) is 0 Å².